The highest BCUT2D eigenvalue weighted by Gasteiger charge is 2.15. The molecule has 4 nitrogen and oxygen atoms in total. The van der Waals surface area contributed by atoms with Crippen molar-refractivity contribution in [2.45, 2.75) is 0 Å². The molecule has 0 aliphatic carbocycles. The molecular formula is C15H13ClN2O2. The van der Waals surface area contributed by atoms with E-state index in [2.05, 4.69) is 5.32 Å². The number of alkyl halides is 1. The summed E-state index contributed by atoms with van der Waals surface area (Å²) in [5.74, 6) is -0.759. The number of anilines is 2. The lowest BCUT2D eigenvalue weighted by atomic mass is 10.0. The molecule has 0 radical (unpaired) electrons. The molecule has 0 saturated heterocycles. The Kier molecular flexibility index (Phi) is 4.38. The highest BCUT2D eigenvalue weighted by atomic mass is 35.5. The van der Waals surface area contributed by atoms with Gasteiger partial charge in [-0.05, 0) is 18.2 Å². The van der Waals surface area contributed by atoms with Gasteiger partial charge in [0.15, 0.2) is 5.78 Å². The minimum absolute atomic E-state index is 0.177. The molecule has 0 aromatic heterocycles. The van der Waals surface area contributed by atoms with Crippen LogP contribution in [0, 0.1) is 0 Å². The van der Waals surface area contributed by atoms with Crippen LogP contribution in [0.25, 0.3) is 0 Å². The van der Waals surface area contributed by atoms with Gasteiger partial charge < -0.3 is 11.1 Å². The number of nitrogen functional groups attached to an aromatic ring is 1. The Labute approximate surface area is 121 Å². The van der Waals surface area contributed by atoms with Crippen LogP contribution in [-0.4, -0.2) is 17.6 Å². The molecule has 0 aliphatic rings. The van der Waals surface area contributed by atoms with Crippen molar-refractivity contribution < 1.29 is 9.59 Å². The van der Waals surface area contributed by atoms with Crippen molar-refractivity contribution in [3.05, 3.63) is 59.7 Å². The topological polar surface area (TPSA) is 72.2 Å². The van der Waals surface area contributed by atoms with Crippen molar-refractivity contribution in [3.8, 4) is 0 Å². The summed E-state index contributed by atoms with van der Waals surface area (Å²) in [7, 11) is 0. The van der Waals surface area contributed by atoms with Gasteiger partial charge >= 0.3 is 0 Å². The fourth-order valence-electron chi connectivity index (χ4n) is 1.79. The van der Waals surface area contributed by atoms with Crippen LogP contribution in [-0.2, 0) is 4.79 Å². The maximum absolute atomic E-state index is 12.4. The third-order valence-corrected chi connectivity index (χ3v) is 2.96. The van der Waals surface area contributed by atoms with Crippen LogP contribution in [0.3, 0.4) is 0 Å². The first kappa shape index (κ1) is 14.1. The van der Waals surface area contributed by atoms with Crippen LogP contribution < -0.4 is 11.1 Å². The van der Waals surface area contributed by atoms with Gasteiger partial charge in [-0.3, -0.25) is 9.59 Å². The van der Waals surface area contributed by atoms with Crippen LogP contribution in [0.15, 0.2) is 48.5 Å². The highest BCUT2D eigenvalue weighted by molar-refractivity contribution is 6.29. The summed E-state index contributed by atoms with van der Waals surface area (Å²) in [5, 5.41) is 2.59. The molecule has 0 spiro atoms. The lowest BCUT2D eigenvalue weighted by Crippen LogP contribution is -2.16. The fraction of sp³-hybridized carbons (Fsp3) is 0.0667. The van der Waals surface area contributed by atoms with E-state index in [1.807, 2.05) is 6.07 Å². The van der Waals surface area contributed by atoms with Crippen LogP contribution in [0.4, 0.5) is 11.4 Å². The average Bonchev–Trinajstić information content (AvgIpc) is 2.49. The first-order valence-electron chi connectivity index (χ1n) is 5.97. The molecule has 0 saturated carbocycles. The van der Waals surface area contributed by atoms with Crippen LogP contribution in [0.1, 0.15) is 15.9 Å². The molecule has 0 heterocycles. The van der Waals surface area contributed by atoms with Crippen molar-refractivity contribution in [1.29, 1.82) is 0 Å². The number of hydrogen-bond acceptors (Lipinski definition) is 3. The summed E-state index contributed by atoms with van der Waals surface area (Å²) in [4.78, 5) is 23.8. The molecule has 0 atom stereocenters. The highest BCUT2D eigenvalue weighted by Crippen LogP contribution is 2.22. The standard InChI is InChI=1S/C15H13ClN2O2/c16-9-14(19)18-13-7-6-11(17)8-12(13)15(20)10-4-2-1-3-5-10/h1-8H,9,17H2,(H,18,19). The number of halogens is 1. The molecule has 2 aromatic rings. The summed E-state index contributed by atoms with van der Waals surface area (Å²) < 4.78 is 0. The number of benzene rings is 2. The Hall–Kier alpha value is -2.33. The summed E-state index contributed by atoms with van der Waals surface area (Å²) in [5.41, 5.74) is 7.44. The Bertz CT molecular complexity index is 642. The molecule has 3 N–H and O–H groups in total. The van der Waals surface area contributed by atoms with E-state index in [1.165, 1.54) is 0 Å². The minimum Gasteiger partial charge on any atom is -0.399 e. The zero-order valence-corrected chi connectivity index (χ0v) is 11.4. The Morgan fingerprint density at radius 2 is 1.80 bits per heavy atom. The number of hydrogen-bond donors (Lipinski definition) is 2. The third kappa shape index (κ3) is 3.16. The molecule has 102 valence electrons. The maximum Gasteiger partial charge on any atom is 0.239 e. The number of rotatable bonds is 4. The van der Waals surface area contributed by atoms with E-state index in [0.717, 1.165) is 0 Å². The van der Waals surface area contributed by atoms with Gasteiger partial charge in [-0.25, -0.2) is 0 Å². The predicted molar refractivity (Wildman–Crippen MR) is 80.1 cm³/mol. The normalized spacial score (nSPS) is 10.1. The molecule has 1 amide bonds. The van der Waals surface area contributed by atoms with Crippen molar-refractivity contribution in [3.63, 3.8) is 0 Å². The quantitative estimate of drug-likeness (QED) is 0.516. The van der Waals surface area contributed by atoms with Crippen LogP contribution in [0.2, 0.25) is 0 Å². The summed E-state index contributed by atoms with van der Waals surface area (Å²) >= 11 is 5.46. The largest absolute Gasteiger partial charge is 0.399 e. The second-order valence-electron chi connectivity index (χ2n) is 4.18. The molecule has 5 heteroatoms. The van der Waals surface area contributed by atoms with E-state index in [0.29, 0.717) is 22.5 Å². The number of ketones is 1. The van der Waals surface area contributed by atoms with Gasteiger partial charge in [-0.2, -0.15) is 0 Å². The van der Waals surface area contributed by atoms with E-state index in [-0.39, 0.29) is 17.6 Å². The molecule has 20 heavy (non-hydrogen) atoms. The lowest BCUT2D eigenvalue weighted by molar-refractivity contribution is -0.113. The number of carbonyl (C=O) groups is 2. The zero-order valence-electron chi connectivity index (χ0n) is 10.6. The monoisotopic (exact) mass is 288 g/mol. The number of nitrogens with one attached hydrogen (secondary N) is 1. The lowest BCUT2D eigenvalue weighted by Gasteiger charge is -2.10. The molecular weight excluding hydrogens is 276 g/mol. The Morgan fingerprint density at radius 1 is 1.10 bits per heavy atom. The van der Waals surface area contributed by atoms with E-state index in [4.69, 9.17) is 17.3 Å². The third-order valence-electron chi connectivity index (χ3n) is 2.72. The SMILES string of the molecule is Nc1ccc(NC(=O)CCl)c(C(=O)c2ccccc2)c1. The first-order chi connectivity index (χ1) is 9.61. The van der Waals surface area contributed by atoms with Gasteiger partial charge in [0.25, 0.3) is 0 Å². The van der Waals surface area contributed by atoms with E-state index < -0.39 is 0 Å². The van der Waals surface area contributed by atoms with Crippen molar-refractivity contribution in [2.75, 3.05) is 16.9 Å². The van der Waals surface area contributed by atoms with E-state index >= 15 is 0 Å². The summed E-state index contributed by atoms with van der Waals surface area (Å²) in [6, 6.07) is 13.5. The van der Waals surface area contributed by atoms with Crippen LogP contribution in [0.5, 0.6) is 0 Å². The molecule has 2 aromatic carbocycles. The van der Waals surface area contributed by atoms with Gasteiger partial charge in [0.05, 0.1) is 5.69 Å². The summed E-state index contributed by atoms with van der Waals surface area (Å²) in [6.07, 6.45) is 0. The molecule has 0 unspecified atom stereocenters. The van der Waals surface area contributed by atoms with Gasteiger partial charge in [-0.15, -0.1) is 11.6 Å². The van der Waals surface area contributed by atoms with Crippen molar-refractivity contribution in [1.82, 2.24) is 0 Å². The fourth-order valence-corrected chi connectivity index (χ4v) is 1.85. The van der Waals surface area contributed by atoms with Gasteiger partial charge in [-0.1, -0.05) is 30.3 Å². The van der Waals surface area contributed by atoms with E-state index in [1.54, 1.807) is 42.5 Å². The van der Waals surface area contributed by atoms with Crippen LogP contribution >= 0.6 is 11.6 Å². The number of amides is 1. The smallest absolute Gasteiger partial charge is 0.239 e. The van der Waals surface area contributed by atoms with Gasteiger partial charge in [0.1, 0.15) is 5.88 Å². The van der Waals surface area contributed by atoms with E-state index in [9.17, 15) is 9.59 Å². The predicted octanol–water partition coefficient (Wildman–Crippen LogP) is 2.68. The molecule has 0 aliphatic heterocycles. The first-order valence-corrected chi connectivity index (χ1v) is 6.50. The minimum atomic E-state index is -0.376. The van der Waals surface area contributed by atoms with Gasteiger partial charge in [0.2, 0.25) is 5.91 Å². The molecule has 0 bridgehead atoms. The van der Waals surface area contributed by atoms with Crippen molar-refractivity contribution >= 4 is 34.7 Å². The second-order valence-corrected chi connectivity index (χ2v) is 4.45. The van der Waals surface area contributed by atoms with Crippen molar-refractivity contribution in [2.24, 2.45) is 0 Å². The second kappa shape index (κ2) is 6.21. The Morgan fingerprint density at radius 3 is 2.45 bits per heavy atom. The summed E-state index contributed by atoms with van der Waals surface area (Å²) in [6.45, 7) is 0. The molecule has 2 rings (SSSR count). The Balaban J connectivity index is 2.41. The number of nitrogens with two attached hydrogens (primary N) is 1. The van der Waals surface area contributed by atoms with Gasteiger partial charge in [0, 0.05) is 16.8 Å². The zero-order chi connectivity index (χ0) is 14.5. The molecule has 0 fully saturated rings. The average molecular weight is 289 g/mol. The number of carbonyl (C=O) groups excluding carboxylic acids is 2. The maximum atomic E-state index is 12.4.